The van der Waals surface area contributed by atoms with Crippen LogP contribution in [0.25, 0.3) is 0 Å². The van der Waals surface area contributed by atoms with Crippen molar-refractivity contribution < 1.29 is 22.7 Å². The van der Waals surface area contributed by atoms with Gasteiger partial charge in [-0.15, -0.1) is 0 Å². The lowest BCUT2D eigenvalue weighted by Gasteiger charge is -2.24. The minimum absolute atomic E-state index is 0.174. The predicted octanol–water partition coefficient (Wildman–Crippen LogP) is 2.46. The number of ether oxygens (including phenoxy) is 2. The van der Waals surface area contributed by atoms with E-state index in [1.54, 1.807) is 37.3 Å². The molecule has 1 aliphatic rings. The van der Waals surface area contributed by atoms with E-state index < -0.39 is 15.9 Å². The van der Waals surface area contributed by atoms with Crippen molar-refractivity contribution in [3.63, 3.8) is 0 Å². The smallest absolute Gasteiger partial charge is 0.241 e. The normalized spacial score (nSPS) is 12.7. The van der Waals surface area contributed by atoms with Crippen LogP contribution in [0.4, 0.5) is 5.69 Å². The molecule has 1 heterocycles. The molecule has 0 fully saturated rings. The van der Waals surface area contributed by atoms with Crippen LogP contribution < -0.4 is 19.1 Å². The van der Waals surface area contributed by atoms with E-state index >= 15 is 0 Å². The lowest BCUT2D eigenvalue weighted by atomic mass is 10.2. The molecule has 2 aromatic carbocycles. The number of carbonyl (C=O) groups is 1. The van der Waals surface area contributed by atoms with Crippen molar-refractivity contribution in [2.75, 3.05) is 23.9 Å². The molecule has 0 aliphatic carbocycles. The number of fused-ring (bicyclic) bond motifs is 1. The number of hydrogen-bond donors (Lipinski definition) is 1. The summed E-state index contributed by atoms with van der Waals surface area (Å²) >= 11 is 6.09. The first-order chi connectivity index (χ1) is 12.8. The first-order valence-corrected chi connectivity index (χ1v) is 10.4. The number of sulfonamides is 1. The van der Waals surface area contributed by atoms with Gasteiger partial charge in [0.25, 0.3) is 0 Å². The van der Waals surface area contributed by atoms with E-state index in [0.717, 1.165) is 16.1 Å². The van der Waals surface area contributed by atoms with Crippen LogP contribution in [0.2, 0.25) is 5.02 Å². The zero-order chi connectivity index (χ0) is 19.6. The molecule has 3 rings (SSSR count). The maximum absolute atomic E-state index is 12.4. The summed E-state index contributed by atoms with van der Waals surface area (Å²) < 4.78 is 36.0. The molecule has 0 atom stereocenters. The minimum Gasteiger partial charge on any atom is -0.454 e. The van der Waals surface area contributed by atoms with Crippen LogP contribution >= 0.6 is 11.6 Å². The number of amides is 1. The van der Waals surface area contributed by atoms with Gasteiger partial charge in [-0.2, -0.15) is 0 Å². The summed E-state index contributed by atoms with van der Waals surface area (Å²) in [5.74, 6) is 0.844. The largest absolute Gasteiger partial charge is 0.454 e. The number of carbonyl (C=O) groups excluding carboxylic acids is 1. The number of nitrogens with one attached hydrogen (secondary N) is 1. The molecule has 7 nitrogen and oxygen atoms in total. The van der Waals surface area contributed by atoms with Gasteiger partial charge in [-0.1, -0.05) is 23.7 Å². The molecule has 1 amide bonds. The van der Waals surface area contributed by atoms with Crippen molar-refractivity contribution >= 4 is 33.2 Å². The molecule has 144 valence electrons. The highest BCUT2D eigenvalue weighted by atomic mass is 35.5. The average molecular weight is 411 g/mol. The second-order valence-electron chi connectivity index (χ2n) is 6.12. The molecule has 1 N–H and O–H groups in total. The van der Waals surface area contributed by atoms with Crippen LogP contribution in [0.5, 0.6) is 11.5 Å². The van der Waals surface area contributed by atoms with E-state index in [9.17, 15) is 13.2 Å². The summed E-state index contributed by atoms with van der Waals surface area (Å²) in [5, 5.41) is 3.15. The van der Waals surface area contributed by atoms with Gasteiger partial charge in [0, 0.05) is 11.6 Å². The highest BCUT2D eigenvalue weighted by molar-refractivity contribution is 7.92. The molecular weight excluding hydrogens is 392 g/mol. The monoisotopic (exact) mass is 410 g/mol. The molecule has 0 aromatic heterocycles. The van der Waals surface area contributed by atoms with Crippen molar-refractivity contribution in [2.45, 2.75) is 13.5 Å². The number of benzene rings is 2. The third-order valence-electron chi connectivity index (χ3n) is 4.12. The fraction of sp³-hybridized carbons (Fsp3) is 0.278. The molecule has 0 radical (unpaired) electrons. The second-order valence-corrected chi connectivity index (χ2v) is 8.43. The Morgan fingerprint density at radius 3 is 2.70 bits per heavy atom. The van der Waals surface area contributed by atoms with E-state index in [4.69, 9.17) is 21.1 Å². The molecule has 0 unspecified atom stereocenters. The van der Waals surface area contributed by atoms with Crippen LogP contribution in [0.1, 0.15) is 11.1 Å². The lowest BCUT2D eigenvalue weighted by Crippen LogP contribution is -2.40. The van der Waals surface area contributed by atoms with Crippen molar-refractivity contribution in [3.8, 4) is 11.5 Å². The van der Waals surface area contributed by atoms with Gasteiger partial charge in [0.15, 0.2) is 11.5 Å². The average Bonchev–Trinajstić information content (AvgIpc) is 3.07. The van der Waals surface area contributed by atoms with Gasteiger partial charge in [0.1, 0.15) is 6.54 Å². The van der Waals surface area contributed by atoms with Crippen molar-refractivity contribution in [1.29, 1.82) is 0 Å². The van der Waals surface area contributed by atoms with E-state index in [1.807, 2.05) is 6.07 Å². The SMILES string of the molecule is Cc1c(Cl)cccc1N(CC(=O)NCc1ccc2c(c1)OCO2)S(C)(=O)=O. The second kappa shape index (κ2) is 7.66. The minimum atomic E-state index is -3.67. The first kappa shape index (κ1) is 19.3. The zero-order valence-corrected chi connectivity index (χ0v) is 16.4. The standard InChI is InChI=1S/C18H19ClN2O5S/c1-12-14(19)4-3-5-15(12)21(27(2,23)24)10-18(22)20-9-13-6-7-16-17(8-13)26-11-25-16/h3-8H,9-11H2,1-2H3,(H,20,22). The Bertz CT molecular complexity index is 978. The third-order valence-corrected chi connectivity index (χ3v) is 5.66. The van der Waals surface area contributed by atoms with Crippen LogP contribution in [0, 0.1) is 6.92 Å². The van der Waals surface area contributed by atoms with Crippen LogP contribution in [0.3, 0.4) is 0 Å². The van der Waals surface area contributed by atoms with E-state index in [1.165, 1.54) is 0 Å². The van der Waals surface area contributed by atoms with Gasteiger partial charge in [0.2, 0.25) is 22.7 Å². The Labute approximate surface area is 162 Å². The van der Waals surface area contributed by atoms with E-state index in [0.29, 0.717) is 27.8 Å². The fourth-order valence-corrected chi connectivity index (χ4v) is 3.76. The fourth-order valence-electron chi connectivity index (χ4n) is 2.69. The molecule has 0 spiro atoms. The number of rotatable bonds is 6. The number of anilines is 1. The first-order valence-electron chi connectivity index (χ1n) is 8.14. The Hall–Kier alpha value is -2.45. The summed E-state index contributed by atoms with van der Waals surface area (Å²) in [5.41, 5.74) is 1.79. The maximum Gasteiger partial charge on any atom is 0.241 e. The summed E-state index contributed by atoms with van der Waals surface area (Å²) in [6, 6.07) is 10.3. The third kappa shape index (κ3) is 4.45. The van der Waals surface area contributed by atoms with Gasteiger partial charge in [-0.3, -0.25) is 9.10 Å². The van der Waals surface area contributed by atoms with Crippen molar-refractivity contribution in [3.05, 3.63) is 52.5 Å². The molecule has 1 aliphatic heterocycles. The van der Waals surface area contributed by atoms with Gasteiger partial charge in [-0.05, 0) is 42.3 Å². The predicted molar refractivity (Wildman–Crippen MR) is 103 cm³/mol. The maximum atomic E-state index is 12.4. The number of hydrogen-bond acceptors (Lipinski definition) is 5. The summed E-state index contributed by atoms with van der Waals surface area (Å²) in [7, 11) is -3.67. The van der Waals surface area contributed by atoms with E-state index in [2.05, 4.69) is 5.32 Å². The molecule has 27 heavy (non-hydrogen) atoms. The van der Waals surface area contributed by atoms with Crippen LogP contribution in [0.15, 0.2) is 36.4 Å². The number of nitrogens with zero attached hydrogens (tertiary/aromatic N) is 1. The quantitative estimate of drug-likeness (QED) is 0.790. The van der Waals surface area contributed by atoms with Gasteiger partial charge in [0.05, 0.1) is 11.9 Å². The van der Waals surface area contributed by atoms with Gasteiger partial charge in [-0.25, -0.2) is 8.42 Å². The van der Waals surface area contributed by atoms with E-state index in [-0.39, 0.29) is 19.9 Å². The Morgan fingerprint density at radius 2 is 1.96 bits per heavy atom. The lowest BCUT2D eigenvalue weighted by molar-refractivity contribution is -0.119. The molecule has 0 bridgehead atoms. The van der Waals surface area contributed by atoms with Crippen molar-refractivity contribution in [2.24, 2.45) is 0 Å². The van der Waals surface area contributed by atoms with Gasteiger partial charge < -0.3 is 14.8 Å². The Balaban J connectivity index is 1.71. The molecule has 0 saturated carbocycles. The van der Waals surface area contributed by atoms with Gasteiger partial charge >= 0.3 is 0 Å². The summed E-state index contributed by atoms with van der Waals surface area (Å²) in [4.78, 5) is 12.4. The summed E-state index contributed by atoms with van der Waals surface area (Å²) in [6.45, 7) is 1.78. The molecule has 0 saturated heterocycles. The molecular formula is C18H19ClN2O5S. The summed E-state index contributed by atoms with van der Waals surface area (Å²) in [6.07, 6.45) is 1.05. The van der Waals surface area contributed by atoms with Crippen LogP contribution in [-0.4, -0.2) is 33.9 Å². The highest BCUT2D eigenvalue weighted by Crippen LogP contribution is 2.32. The zero-order valence-electron chi connectivity index (χ0n) is 14.9. The number of halogens is 1. The van der Waals surface area contributed by atoms with Crippen molar-refractivity contribution in [1.82, 2.24) is 5.32 Å². The molecule has 2 aromatic rings. The van der Waals surface area contributed by atoms with Crippen LogP contribution in [-0.2, 0) is 21.4 Å². The highest BCUT2D eigenvalue weighted by Gasteiger charge is 2.23. The Kier molecular flexibility index (Phi) is 5.48. The topological polar surface area (TPSA) is 84.9 Å². The Morgan fingerprint density at radius 1 is 1.22 bits per heavy atom. The molecule has 9 heteroatoms.